The van der Waals surface area contributed by atoms with Crippen LogP contribution in [-0.4, -0.2) is 55.6 Å². The van der Waals surface area contributed by atoms with Gasteiger partial charge in [0.1, 0.15) is 11.6 Å². The third-order valence-corrected chi connectivity index (χ3v) is 7.89. The van der Waals surface area contributed by atoms with Gasteiger partial charge in [-0.1, -0.05) is 0 Å². The van der Waals surface area contributed by atoms with E-state index in [0.29, 0.717) is 24.6 Å². The van der Waals surface area contributed by atoms with Crippen molar-refractivity contribution in [2.45, 2.75) is 37.6 Å². The third-order valence-electron chi connectivity index (χ3n) is 5.84. The second kappa shape index (κ2) is 9.96. The number of hydrogen-bond donors (Lipinski definition) is 1. The van der Waals surface area contributed by atoms with E-state index in [1.165, 1.54) is 40.5 Å². The van der Waals surface area contributed by atoms with E-state index in [1.807, 2.05) is 0 Å². The highest BCUT2D eigenvalue weighted by Crippen LogP contribution is 2.23. The first-order valence-electron chi connectivity index (χ1n) is 10.6. The van der Waals surface area contributed by atoms with E-state index in [4.69, 9.17) is 0 Å². The largest absolute Gasteiger partial charge is 0.339 e. The number of amides is 2. The average Bonchev–Trinajstić information content (AvgIpc) is 2.78. The first-order valence-corrected chi connectivity index (χ1v) is 12.1. The first kappa shape index (κ1) is 24.8. The van der Waals surface area contributed by atoms with E-state index >= 15 is 0 Å². The standard InChI is InChI=1S/C23H27F2N3O4S/c1-15(2)27(3)33(31,32)19-7-5-18(6-8-19)26-22(29)16-10-12-28(13-11-16)23(30)20-9-4-17(24)14-21(20)25/h4-9,14-16H,10-13H2,1-3H3,(H,26,29). The summed E-state index contributed by atoms with van der Waals surface area (Å²) in [4.78, 5) is 26.7. The highest BCUT2D eigenvalue weighted by Gasteiger charge is 2.29. The van der Waals surface area contributed by atoms with Crippen molar-refractivity contribution < 1.29 is 26.8 Å². The predicted octanol–water partition coefficient (Wildman–Crippen LogP) is 3.48. The molecule has 2 amide bonds. The first-order chi connectivity index (χ1) is 15.5. The van der Waals surface area contributed by atoms with Crippen LogP contribution in [0.3, 0.4) is 0 Å². The van der Waals surface area contributed by atoms with Crippen LogP contribution in [0.2, 0.25) is 0 Å². The number of nitrogens with zero attached hydrogens (tertiary/aromatic N) is 2. The fraction of sp³-hybridized carbons (Fsp3) is 0.391. The van der Waals surface area contributed by atoms with Gasteiger partial charge in [0.2, 0.25) is 15.9 Å². The van der Waals surface area contributed by atoms with Gasteiger partial charge in [-0.25, -0.2) is 17.2 Å². The van der Waals surface area contributed by atoms with Gasteiger partial charge in [-0.05, 0) is 63.1 Å². The molecule has 3 rings (SSSR count). The molecule has 10 heteroatoms. The second-order valence-corrected chi connectivity index (χ2v) is 10.3. The second-order valence-electron chi connectivity index (χ2n) is 8.32. The molecule has 0 aromatic heterocycles. The van der Waals surface area contributed by atoms with Crippen LogP contribution in [0.15, 0.2) is 47.4 Å². The number of piperidine rings is 1. The molecular formula is C23H27F2N3O4S. The summed E-state index contributed by atoms with van der Waals surface area (Å²) in [5, 5.41) is 2.78. The molecule has 0 aliphatic carbocycles. The van der Waals surface area contributed by atoms with Gasteiger partial charge in [0.15, 0.2) is 0 Å². The third kappa shape index (κ3) is 5.56. The Morgan fingerprint density at radius 1 is 1.06 bits per heavy atom. The maximum Gasteiger partial charge on any atom is 0.256 e. The van der Waals surface area contributed by atoms with Crippen molar-refractivity contribution in [2.75, 3.05) is 25.5 Å². The van der Waals surface area contributed by atoms with Gasteiger partial charge in [-0.3, -0.25) is 9.59 Å². The van der Waals surface area contributed by atoms with E-state index in [1.54, 1.807) is 13.8 Å². The summed E-state index contributed by atoms with van der Waals surface area (Å²) in [5.74, 6) is -2.77. The van der Waals surface area contributed by atoms with Crippen LogP contribution in [0.1, 0.15) is 37.0 Å². The maximum absolute atomic E-state index is 13.9. The molecule has 0 radical (unpaired) electrons. The van der Waals surface area contributed by atoms with Crippen LogP contribution in [0, 0.1) is 17.6 Å². The predicted molar refractivity (Wildman–Crippen MR) is 120 cm³/mol. The molecule has 1 aliphatic rings. The summed E-state index contributed by atoms with van der Waals surface area (Å²) in [6, 6.07) is 8.61. The smallest absolute Gasteiger partial charge is 0.256 e. The minimum Gasteiger partial charge on any atom is -0.339 e. The Balaban J connectivity index is 1.57. The number of carbonyl (C=O) groups excluding carboxylic acids is 2. The number of rotatable bonds is 6. The number of sulfonamides is 1. The SMILES string of the molecule is CC(C)N(C)S(=O)(=O)c1ccc(NC(=O)C2CCN(C(=O)c3ccc(F)cc3F)CC2)cc1. The Labute approximate surface area is 192 Å². The lowest BCUT2D eigenvalue weighted by Crippen LogP contribution is -2.41. The van der Waals surface area contributed by atoms with Crippen LogP contribution in [0.5, 0.6) is 0 Å². The van der Waals surface area contributed by atoms with Crippen LogP contribution in [0.25, 0.3) is 0 Å². The molecule has 178 valence electrons. The number of nitrogens with one attached hydrogen (secondary N) is 1. The molecule has 1 aliphatic heterocycles. The van der Waals surface area contributed by atoms with E-state index in [0.717, 1.165) is 12.1 Å². The normalized spacial score (nSPS) is 15.2. The van der Waals surface area contributed by atoms with Crippen molar-refractivity contribution in [1.29, 1.82) is 0 Å². The fourth-order valence-electron chi connectivity index (χ4n) is 3.58. The summed E-state index contributed by atoms with van der Waals surface area (Å²) in [5.41, 5.74) is 0.274. The zero-order valence-electron chi connectivity index (χ0n) is 18.7. The molecule has 7 nitrogen and oxygen atoms in total. The van der Waals surface area contributed by atoms with Crippen molar-refractivity contribution in [1.82, 2.24) is 9.21 Å². The minimum atomic E-state index is -3.61. The van der Waals surface area contributed by atoms with Crippen molar-refractivity contribution in [3.63, 3.8) is 0 Å². The molecule has 0 unspecified atom stereocenters. The lowest BCUT2D eigenvalue weighted by molar-refractivity contribution is -0.121. The van der Waals surface area contributed by atoms with Crippen LogP contribution < -0.4 is 5.32 Å². The summed E-state index contributed by atoms with van der Waals surface area (Å²) >= 11 is 0. The molecule has 1 fully saturated rings. The monoisotopic (exact) mass is 479 g/mol. The quantitative estimate of drug-likeness (QED) is 0.687. The summed E-state index contributed by atoms with van der Waals surface area (Å²) in [6.45, 7) is 4.10. The average molecular weight is 480 g/mol. The van der Waals surface area contributed by atoms with Gasteiger partial charge in [-0.15, -0.1) is 0 Å². The Morgan fingerprint density at radius 3 is 2.21 bits per heavy atom. The maximum atomic E-state index is 13.9. The van der Waals surface area contributed by atoms with Gasteiger partial charge >= 0.3 is 0 Å². The molecule has 0 spiro atoms. The Bertz CT molecular complexity index is 1130. The topological polar surface area (TPSA) is 86.8 Å². The van der Waals surface area contributed by atoms with Crippen molar-refractivity contribution >= 4 is 27.5 Å². The van der Waals surface area contributed by atoms with Crippen molar-refractivity contribution in [2.24, 2.45) is 5.92 Å². The van der Waals surface area contributed by atoms with Crippen LogP contribution in [-0.2, 0) is 14.8 Å². The lowest BCUT2D eigenvalue weighted by Gasteiger charge is -2.31. The van der Waals surface area contributed by atoms with Crippen LogP contribution in [0.4, 0.5) is 14.5 Å². The summed E-state index contributed by atoms with van der Waals surface area (Å²) in [7, 11) is -2.10. The van der Waals surface area contributed by atoms with E-state index < -0.39 is 27.6 Å². The number of anilines is 1. The summed E-state index contributed by atoms with van der Waals surface area (Å²) < 4.78 is 53.3. The zero-order valence-corrected chi connectivity index (χ0v) is 19.5. The molecule has 1 heterocycles. The van der Waals surface area contributed by atoms with Gasteiger partial charge < -0.3 is 10.2 Å². The van der Waals surface area contributed by atoms with Gasteiger partial charge in [0, 0.05) is 43.9 Å². The Kier molecular flexibility index (Phi) is 7.48. The number of benzene rings is 2. The molecule has 2 aromatic rings. The van der Waals surface area contributed by atoms with Crippen molar-refractivity contribution in [3.05, 3.63) is 59.7 Å². The molecule has 0 atom stereocenters. The highest BCUT2D eigenvalue weighted by molar-refractivity contribution is 7.89. The summed E-state index contributed by atoms with van der Waals surface area (Å²) in [6.07, 6.45) is 0.790. The molecule has 1 saturated heterocycles. The van der Waals surface area contributed by atoms with Gasteiger partial charge in [0.25, 0.3) is 5.91 Å². The van der Waals surface area contributed by atoms with Crippen LogP contribution >= 0.6 is 0 Å². The highest BCUT2D eigenvalue weighted by atomic mass is 32.2. The number of likely N-dealkylation sites (tertiary alicyclic amines) is 1. The number of hydrogen-bond acceptors (Lipinski definition) is 4. The fourth-order valence-corrected chi connectivity index (χ4v) is 4.94. The molecule has 2 aromatic carbocycles. The van der Waals surface area contributed by atoms with E-state index in [2.05, 4.69) is 5.32 Å². The number of carbonyl (C=O) groups is 2. The molecule has 0 saturated carbocycles. The van der Waals surface area contributed by atoms with Crippen molar-refractivity contribution in [3.8, 4) is 0 Å². The number of halogens is 2. The van der Waals surface area contributed by atoms with E-state index in [9.17, 15) is 26.8 Å². The van der Waals surface area contributed by atoms with E-state index in [-0.39, 0.29) is 41.4 Å². The zero-order chi connectivity index (χ0) is 24.3. The Hall–Kier alpha value is -2.85. The molecular weight excluding hydrogens is 452 g/mol. The van der Waals surface area contributed by atoms with Gasteiger partial charge in [0.05, 0.1) is 10.5 Å². The molecule has 33 heavy (non-hydrogen) atoms. The van der Waals surface area contributed by atoms with Gasteiger partial charge in [-0.2, -0.15) is 4.31 Å². The lowest BCUT2D eigenvalue weighted by atomic mass is 9.95. The molecule has 1 N–H and O–H groups in total. The molecule has 0 bridgehead atoms. The minimum absolute atomic E-state index is 0.136. The Morgan fingerprint density at radius 2 is 1.67 bits per heavy atom.